The minimum absolute atomic E-state index is 0.0169. The second-order valence-electron chi connectivity index (χ2n) is 7.27. The van der Waals surface area contributed by atoms with Gasteiger partial charge in [-0.25, -0.2) is 4.79 Å². The largest absolute Gasteiger partial charge is 0.481 e. The number of carbonyl (C=O) groups excluding carboxylic acids is 4. The third kappa shape index (κ3) is 9.87. The Morgan fingerprint density at radius 2 is 1.35 bits per heavy atom. The van der Waals surface area contributed by atoms with Crippen LogP contribution < -0.4 is 27.4 Å². The van der Waals surface area contributed by atoms with Gasteiger partial charge >= 0.3 is 11.9 Å². The van der Waals surface area contributed by atoms with E-state index in [1.807, 2.05) is 0 Å². The molecule has 0 bridgehead atoms. The standard InChI is InChI=1S/C20H27N5O8S/c21-11(7-16(27)28)17(29)23-12(8-15(22)26)18(30)25-14(9-34)19(31)24-13(20(32)33)6-10-4-2-1-3-5-10/h1-5,11-14,34H,6-9,21H2,(H2,22,26)(H,23,29)(H,24,31)(H,25,30)(H,27,28)(H,32,33). The molecule has 1 aromatic carbocycles. The van der Waals surface area contributed by atoms with Crippen molar-refractivity contribution in [3.8, 4) is 0 Å². The molecule has 34 heavy (non-hydrogen) atoms. The van der Waals surface area contributed by atoms with Crippen LogP contribution in [0.2, 0.25) is 0 Å². The van der Waals surface area contributed by atoms with E-state index >= 15 is 0 Å². The van der Waals surface area contributed by atoms with Gasteiger partial charge < -0.3 is 37.6 Å². The second-order valence-corrected chi connectivity index (χ2v) is 7.63. The van der Waals surface area contributed by atoms with Crippen molar-refractivity contribution in [1.82, 2.24) is 16.0 Å². The van der Waals surface area contributed by atoms with E-state index in [-0.39, 0.29) is 12.2 Å². The summed E-state index contributed by atoms with van der Waals surface area (Å²) in [5.41, 5.74) is 11.2. The smallest absolute Gasteiger partial charge is 0.326 e. The molecule has 186 valence electrons. The number of benzene rings is 1. The van der Waals surface area contributed by atoms with Crippen LogP contribution in [0.5, 0.6) is 0 Å². The molecular formula is C20H27N5O8S. The number of carboxylic acids is 2. The van der Waals surface area contributed by atoms with E-state index in [2.05, 4.69) is 28.6 Å². The van der Waals surface area contributed by atoms with E-state index in [4.69, 9.17) is 16.6 Å². The van der Waals surface area contributed by atoms with Gasteiger partial charge in [0, 0.05) is 12.2 Å². The molecule has 1 rings (SSSR count). The molecule has 4 amide bonds. The van der Waals surface area contributed by atoms with Crippen LogP contribution in [0.1, 0.15) is 18.4 Å². The highest BCUT2D eigenvalue weighted by Gasteiger charge is 2.31. The van der Waals surface area contributed by atoms with Gasteiger partial charge in [-0.3, -0.25) is 24.0 Å². The van der Waals surface area contributed by atoms with Crippen LogP contribution in [0.15, 0.2) is 30.3 Å². The Labute approximate surface area is 200 Å². The van der Waals surface area contributed by atoms with E-state index in [0.29, 0.717) is 5.56 Å². The topological polar surface area (TPSA) is 231 Å². The van der Waals surface area contributed by atoms with E-state index in [1.54, 1.807) is 30.3 Å². The number of rotatable bonds is 14. The van der Waals surface area contributed by atoms with E-state index in [9.17, 15) is 33.9 Å². The van der Waals surface area contributed by atoms with Gasteiger partial charge in [-0.15, -0.1) is 0 Å². The van der Waals surface area contributed by atoms with Crippen LogP contribution in [-0.4, -0.2) is 75.7 Å². The minimum Gasteiger partial charge on any atom is -0.481 e. The van der Waals surface area contributed by atoms with Crippen molar-refractivity contribution in [3.63, 3.8) is 0 Å². The van der Waals surface area contributed by atoms with Crippen molar-refractivity contribution in [1.29, 1.82) is 0 Å². The summed E-state index contributed by atoms with van der Waals surface area (Å²) in [6, 6.07) is 2.86. The van der Waals surface area contributed by atoms with Crippen LogP contribution in [0.3, 0.4) is 0 Å². The molecular weight excluding hydrogens is 470 g/mol. The van der Waals surface area contributed by atoms with Crippen LogP contribution in [-0.2, 0) is 35.2 Å². The second kappa shape index (κ2) is 13.8. The predicted octanol–water partition coefficient (Wildman–Crippen LogP) is -2.62. The number of carbonyl (C=O) groups is 6. The number of aliphatic carboxylic acids is 2. The first-order valence-corrected chi connectivity index (χ1v) is 10.6. The van der Waals surface area contributed by atoms with Gasteiger partial charge in [0.15, 0.2) is 0 Å². The van der Waals surface area contributed by atoms with Gasteiger partial charge in [0.05, 0.1) is 18.9 Å². The maximum absolute atomic E-state index is 12.6. The maximum atomic E-state index is 12.6. The Balaban J connectivity index is 2.88. The van der Waals surface area contributed by atoms with Crippen LogP contribution >= 0.6 is 12.6 Å². The van der Waals surface area contributed by atoms with Gasteiger partial charge in [-0.1, -0.05) is 30.3 Å². The molecule has 0 spiro atoms. The summed E-state index contributed by atoms with van der Waals surface area (Å²) in [6.07, 6.45) is -1.41. The number of hydrogen-bond donors (Lipinski definition) is 8. The molecule has 9 N–H and O–H groups in total. The van der Waals surface area contributed by atoms with Crippen LogP contribution in [0.4, 0.5) is 0 Å². The Morgan fingerprint density at radius 1 is 0.824 bits per heavy atom. The van der Waals surface area contributed by atoms with Gasteiger partial charge in [-0.05, 0) is 5.56 Å². The summed E-state index contributed by atoms with van der Waals surface area (Å²) in [6.45, 7) is 0. The van der Waals surface area contributed by atoms with Crippen molar-refractivity contribution in [2.75, 3.05) is 5.75 Å². The fourth-order valence-corrected chi connectivity index (χ4v) is 3.02. The molecule has 0 radical (unpaired) electrons. The molecule has 0 saturated heterocycles. The summed E-state index contributed by atoms with van der Waals surface area (Å²) in [7, 11) is 0. The first-order chi connectivity index (χ1) is 15.9. The van der Waals surface area contributed by atoms with Crippen LogP contribution in [0, 0.1) is 0 Å². The predicted molar refractivity (Wildman–Crippen MR) is 121 cm³/mol. The molecule has 0 aromatic heterocycles. The lowest BCUT2D eigenvalue weighted by molar-refractivity contribution is -0.142. The highest BCUT2D eigenvalue weighted by atomic mass is 32.1. The SMILES string of the molecule is NC(=O)CC(NC(=O)C(N)CC(=O)O)C(=O)NC(CS)C(=O)NC(Cc1ccccc1)C(=O)O. The van der Waals surface area contributed by atoms with E-state index in [0.717, 1.165) is 0 Å². The summed E-state index contributed by atoms with van der Waals surface area (Å²) in [5, 5.41) is 24.9. The first-order valence-electron chi connectivity index (χ1n) is 9.99. The molecule has 0 aliphatic heterocycles. The summed E-state index contributed by atoms with van der Waals surface area (Å²) in [4.78, 5) is 70.9. The third-order valence-electron chi connectivity index (χ3n) is 4.48. The lowest BCUT2D eigenvalue weighted by atomic mass is 10.1. The number of amides is 4. The average molecular weight is 498 g/mol. The molecule has 14 heteroatoms. The lowest BCUT2D eigenvalue weighted by Crippen LogP contribution is -2.58. The van der Waals surface area contributed by atoms with Gasteiger partial charge in [0.25, 0.3) is 0 Å². The van der Waals surface area contributed by atoms with Crippen molar-refractivity contribution in [3.05, 3.63) is 35.9 Å². The Bertz CT molecular complexity index is 913. The monoisotopic (exact) mass is 497 g/mol. The fraction of sp³-hybridized carbons (Fsp3) is 0.400. The molecule has 4 unspecified atom stereocenters. The van der Waals surface area contributed by atoms with Crippen molar-refractivity contribution < 1.29 is 39.0 Å². The quantitative estimate of drug-likeness (QED) is 0.125. The first kappa shape index (κ1) is 28.4. The molecule has 0 heterocycles. The molecule has 0 aliphatic carbocycles. The molecule has 4 atom stereocenters. The Hall–Kier alpha value is -3.65. The molecule has 0 saturated carbocycles. The van der Waals surface area contributed by atoms with Gasteiger partial charge in [0.2, 0.25) is 23.6 Å². The average Bonchev–Trinajstić information content (AvgIpc) is 2.75. The van der Waals surface area contributed by atoms with Crippen LogP contribution in [0.25, 0.3) is 0 Å². The van der Waals surface area contributed by atoms with E-state index < -0.39 is 72.6 Å². The fourth-order valence-electron chi connectivity index (χ4n) is 2.76. The van der Waals surface area contributed by atoms with Gasteiger partial charge in [-0.2, -0.15) is 12.6 Å². The normalized spacial score (nSPS) is 14.1. The zero-order chi connectivity index (χ0) is 25.8. The van der Waals surface area contributed by atoms with Crippen molar-refractivity contribution in [2.45, 2.75) is 43.4 Å². The molecule has 0 fully saturated rings. The highest BCUT2D eigenvalue weighted by Crippen LogP contribution is 2.05. The minimum atomic E-state index is -1.56. The van der Waals surface area contributed by atoms with Crippen molar-refractivity contribution >= 4 is 48.2 Å². The van der Waals surface area contributed by atoms with E-state index in [1.165, 1.54) is 0 Å². The third-order valence-corrected chi connectivity index (χ3v) is 4.85. The number of carboxylic acid groups (broad SMARTS) is 2. The number of primary amides is 1. The summed E-state index contributed by atoms with van der Waals surface area (Å²) in [5.74, 6) is -6.75. The molecule has 1 aromatic rings. The number of nitrogens with two attached hydrogens (primary N) is 2. The Kier molecular flexibility index (Phi) is 11.5. The zero-order valence-electron chi connectivity index (χ0n) is 18.0. The van der Waals surface area contributed by atoms with Crippen molar-refractivity contribution in [2.24, 2.45) is 11.5 Å². The summed E-state index contributed by atoms with van der Waals surface area (Å²) >= 11 is 3.99. The lowest BCUT2D eigenvalue weighted by Gasteiger charge is -2.24. The zero-order valence-corrected chi connectivity index (χ0v) is 18.9. The maximum Gasteiger partial charge on any atom is 0.326 e. The molecule has 13 nitrogen and oxygen atoms in total. The van der Waals surface area contributed by atoms with Gasteiger partial charge in [0.1, 0.15) is 18.1 Å². The molecule has 0 aliphatic rings. The highest BCUT2D eigenvalue weighted by molar-refractivity contribution is 7.80. The Morgan fingerprint density at radius 3 is 1.85 bits per heavy atom. The summed E-state index contributed by atoms with van der Waals surface area (Å²) < 4.78 is 0. The number of hydrogen-bond acceptors (Lipinski definition) is 8. The number of thiol groups is 1. The number of nitrogens with one attached hydrogen (secondary N) is 3.